The predicted molar refractivity (Wildman–Crippen MR) is 76.0 cm³/mol. The summed E-state index contributed by atoms with van der Waals surface area (Å²) in [5, 5.41) is 4.27. The number of ether oxygens (including phenoxy) is 1. The Labute approximate surface area is 122 Å². The highest BCUT2D eigenvalue weighted by Gasteiger charge is 2.14. The first kappa shape index (κ1) is 14.2. The number of halogens is 3. The fourth-order valence-corrected chi connectivity index (χ4v) is 2.52. The van der Waals surface area contributed by atoms with Gasteiger partial charge in [0.05, 0.1) is 16.1 Å². The maximum Gasteiger partial charge on any atom is 0.150 e. The van der Waals surface area contributed by atoms with Crippen molar-refractivity contribution in [1.82, 2.24) is 4.98 Å². The van der Waals surface area contributed by atoms with Gasteiger partial charge in [-0.3, -0.25) is 0 Å². The average Bonchev–Trinajstić information content (AvgIpc) is 2.37. The summed E-state index contributed by atoms with van der Waals surface area (Å²) in [6.07, 6.45) is 4.83. The molecular weight excluding hydrogens is 295 g/mol. The summed E-state index contributed by atoms with van der Waals surface area (Å²) in [5.41, 5.74) is 0. The molecule has 1 saturated heterocycles. The zero-order valence-corrected chi connectivity index (χ0v) is 12.2. The average molecular weight is 310 g/mol. The van der Waals surface area contributed by atoms with Gasteiger partial charge in [-0.15, -0.1) is 0 Å². The molecule has 1 aromatic rings. The maximum atomic E-state index is 6.02. The van der Waals surface area contributed by atoms with E-state index in [1.165, 1.54) is 12.8 Å². The van der Waals surface area contributed by atoms with Gasteiger partial charge in [-0.2, -0.15) is 0 Å². The molecule has 0 aromatic carbocycles. The summed E-state index contributed by atoms with van der Waals surface area (Å²) in [5.74, 6) is 0.571. The molecule has 0 aliphatic carbocycles. The normalized spacial score (nSPS) is 19.8. The zero-order valence-electron chi connectivity index (χ0n) is 9.89. The van der Waals surface area contributed by atoms with Gasteiger partial charge in [-0.05, 0) is 31.7 Å². The van der Waals surface area contributed by atoms with Crippen molar-refractivity contribution in [1.29, 1.82) is 0 Å². The standard InChI is InChI=1S/C12H15Cl3N2O/c13-9-7-10(14)12(17-11(9)15)16-5-4-8-3-1-2-6-18-8/h7-8H,1-6H2,(H,16,17). The Hall–Kier alpha value is -0.220. The lowest BCUT2D eigenvalue weighted by Gasteiger charge is -2.22. The summed E-state index contributed by atoms with van der Waals surface area (Å²) >= 11 is 17.7. The molecule has 0 amide bonds. The Kier molecular flexibility index (Phi) is 5.37. The minimum Gasteiger partial charge on any atom is -0.378 e. The molecule has 1 N–H and O–H groups in total. The molecule has 0 radical (unpaired) electrons. The van der Waals surface area contributed by atoms with E-state index in [1.807, 2.05) is 0 Å². The van der Waals surface area contributed by atoms with E-state index in [9.17, 15) is 0 Å². The molecule has 1 aromatic heterocycles. The Bertz CT molecular complexity index is 409. The molecule has 0 saturated carbocycles. The van der Waals surface area contributed by atoms with E-state index in [4.69, 9.17) is 39.5 Å². The van der Waals surface area contributed by atoms with Crippen molar-refractivity contribution in [2.75, 3.05) is 18.5 Å². The van der Waals surface area contributed by atoms with Crippen LogP contribution in [0.5, 0.6) is 0 Å². The highest BCUT2D eigenvalue weighted by molar-refractivity contribution is 6.42. The lowest BCUT2D eigenvalue weighted by Crippen LogP contribution is -2.22. The summed E-state index contributed by atoms with van der Waals surface area (Å²) in [4.78, 5) is 4.10. The maximum absolute atomic E-state index is 6.02. The molecule has 1 unspecified atom stereocenters. The van der Waals surface area contributed by atoms with Gasteiger partial charge < -0.3 is 10.1 Å². The SMILES string of the molecule is Clc1cc(Cl)c(NCCC2CCCCO2)nc1Cl. The van der Waals surface area contributed by atoms with Crippen molar-refractivity contribution in [2.24, 2.45) is 0 Å². The van der Waals surface area contributed by atoms with E-state index in [2.05, 4.69) is 10.3 Å². The second-order valence-corrected chi connectivity index (χ2v) is 5.47. The lowest BCUT2D eigenvalue weighted by atomic mass is 10.1. The van der Waals surface area contributed by atoms with Gasteiger partial charge in [0, 0.05) is 13.2 Å². The van der Waals surface area contributed by atoms with Crippen LogP contribution in [0.1, 0.15) is 25.7 Å². The van der Waals surface area contributed by atoms with Crippen molar-refractivity contribution >= 4 is 40.6 Å². The second kappa shape index (κ2) is 6.80. The molecule has 1 atom stereocenters. The van der Waals surface area contributed by atoms with E-state index >= 15 is 0 Å². The summed E-state index contributed by atoms with van der Waals surface area (Å²) in [7, 11) is 0. The molecule has 1 fully saturated rings. The van der Waals surface area contributed by atoms with Crippen LogP contribution in [0.25, 0.3) is 0 Å². The van der Waals surface area contributed by atoms with Crippen LogP contribution < -0.4 is 5.32 Å². The van der Waals surface area contributed by atoms with Crippen LogP contribution in [0.15, 0.2) is 6.07 Å². The van der Waals surface area contributed by atoms with Crippen molar-refractivity contribution in [3.05, 3.63) is 21.3 Å². The van der Waals surface area contributed by atoms with Crippen LogP contribution in [-0.4, -0.2) is 24.2 Å². The molecule has 0 spiro atoms. The Morgan fingerprint density at radius 1 is 1.28 bits per heavy atom. The fraction of sp³-hybridized carbons (Fsp3) is 0.583. The van der Waals surface area contributed by atoms with Gasteiger partial charge in [0.1, 0.15) is 11.0 Å². The molecule has 100 valence electrons. The molecule has 18 heavy (non-hydrogen) atoms. The summed E-state index contributed by atoms with van der Waals surface area (Å²) < 4.78 is 5.65. The molecule has 3 nitrogen and oxygen atoms in total. The second-order valence-electron chi connectivity index (χ2n) is 4.30. The number of rotatable bonds is 4. The van der Waals surface area contributed by atoms with Crippen LogP contribution in [0.2, 0.25) is 15.2 Å². The van der Waals surface area contributed by atoms with Gasteiger partial charge in [0.2, 0.25) is 0 Å². The van der Waals surface area contributed by atoms with Crippen LogP contribution in [0.4, 0.5) is 5.82 Å². The van der Waals surface area contributed by atoms with Crippen molar-refractivity contribution < 1.29 is 4.74 Å². The van der Waals surface area contributed by atoms with Gasteiger partial charge in [0.15, 0.2) is 0 Å². The molecule has 0 bridgehead atoms. The predicted octanol–water partition coefficient (Wildman–Crippen LogP) is 4.41. The summed E-state index contributed by atoms with van der Waals surface area (Å²) in [6.45, 7) is 1.63. The number of anilines is 1. The number of nitrogens with zero attached hydrogens (tertiary/aromatic N) is 1. The third kappa shape index (κ3) is 3.89. The molecule has 1 aliphatic rings. The van der Waals surface area contributed by atoms with Gasteiger partial charge in [-0.25, -0.2) is 4.98 Å². The highest BCUT2D eigenvalue weighted by atomic mass is 35.5. The summed E-state index contributed by atoms with van der Waals surface area (Å²) in [6, 6.07) is 1.60. The van der Waals surface area contributed by atoms with Gasteiger partial charge >= 0.3 is 0 Å². The molecular formula is C12H15Cl3N2O. The Balaban J connectivity index is 1.84. The van der Waals surface area contributed by atoms with E-state index in [0.29, 0.717) is 22.0 Å². The largest absolute Gasteiger partial charge is 0.378 e. The third-order valence-corrected chi connectivity index (χ3v) is 3.88. The highest BCUT2D eigenvalue weighted by Crippen LogP contribution is 2.28. The Morgan fingerprint density at radius 2 is 2.11 bits per heavy atom. The Morgan fingerprint density at radius 3 is 2.83 bits per heavy atom. The van der Waals surface area contributed by atoms with Gasteiger partial charge in [-0.1, -0.05) is 34.8 Å². The minimum atomic E-state index is 0.262. The lowest BCUT2D eigenvalue weighted by molar-refractivity contribution is 0.0134. The molecule has 6 heteroatoms. The van der Waals surface area contributed by atoms with E-state index in [0.717, 1.165) is 26.0 Å². The zero-order chi connectivity index (χ0) is 13.0. The topological polar surface area (TPSA) is 34.1 Å². The first-order valence-corrected chi connectivity index (χ1v) is 7.17. The van der Waals surface area contributed by atoms with E-state index < -0.39 is 0 Å². The van der Waals surface area contributed by atoms with E-state index in [-0.39, 0.29) is 5.15 Å². The number of nitrogens with one attached hydrogen (secondary N) is 1. The molecule has 1 aliphatic heterocycles. The first-order valence-electron chi connectivity index (χ1n) is 6.04. The molecule has 2 rings (SSSR count). The molecule has 2 heterocycles. The first-order chi connectivity index (χ1) is 8.66. The number of hydrogen-bond donors (Lipinski definition) is 1. The fourth-order valence-electron chi connectivity index (χ4n) is 1.95. The van der Waals surface area contributed by atoms with E-state index in [1.54, 1.807) is 6.07 Å². The number of aromatic nitrogens is 1. The van der Waals surface area contributed by atoms with Crippen molar-refractivity contribution in [3.63, 3.8) is 0 Å². The minimum absolute atomic E-state index is 0.262. The van der Waals surface area contributed by atoms with Gasteiger partial charge in [0.25, 0.3) is 0 Å². The number of pyridine rings is 1. The smallest absolute Gasteiger partial charge is 0.150 e. The van der Waals surface area contributed by atoms with Crippen LogP contribution in [-0.2, 0) is 4.74 Å². The third-order valence-electron chi connectivity index (χ3n) is 2.92. The van der Waals surface area contributed by atoms with Crippen LogP contribution >= 0.6 is 34.8 Å². The quantitative estimate of drug-likeness (QED) is 0.836. The van der Waals surface area contributed by atoms with Crippen molar-refractivity contribution in [3.8, 4) is 0 Å². The number of hydrogen-bond acceptors (Lipinski definition) is 3. The van der Waals surface area contributed by atoms with Crippen LogP contribution in [0, 0.1) is 0 Å². The monoisotopic (exact) mass is 308 g/mol. The van der Waals surface area contributed by atoms with Crippen LogP contribution in [0.3, 0.4) is 0 Å². The van der Waals surface area contributed by atoms with Crippen molar-refractivity contribution in [2.45, 2.75) is 31.8 Å².